The third-order valence-electron chi connectivity index (χ3n) is 1.42. The molecule has 1 aromatic rings. The van der Waals surface area contributed by atoms with Gasteiger partial charge < -0.3 is 10.3 Å². The first-order valence-corrected chi connectivity index (χ1v) is 3.06. The Hall–Kier alpha value is -1.58. The number of nitrogens with zero attached hydrogens (tertiary/aromatic N) is 1. The van der Waals surface area contributed by atoms with E-state index < -0.39 is 0 Å². The van der Waals surface area contributed by atoms with Gasteiger partial charge in [-0.25, -0.2) is 0 Å². The van der Waals surface area contributed by atoms with Crippen LogP contribution in [-0.4, -0.2) is 10.9 Å². The number of rotatable bonds is 1. The minimum Gasteiger partial charge on any atom is -0.397 e. The van der Waals surface area contributed by atoms with E-state index in [2.05, 4.69) is 0 Å². The average Bonchev–Trinajstić information content (AvgIpc) is 1.97. The first-order chi connectivity index (χ1) is 5.15. The van der Waals surface area contributed by atoms with Crippen molar-refractivity contribution in [3.8, 4) is 0 Å². The van der Waals surface area contributed by atoms with Crippen molar-refractivity contribution in [1.29, 1.82) is 0 Å². The van der Waals surface area contributed by atoms with Crippen LogP contribution in [0, 0.1) is 0 Å². The Labute approximate surface area is 63.3 Å². The summed E-state index contributed by atoms with van der Waals surface area (Å²) in [6.45, 7) is 0. The molecule has 0 aliphatic rings. The summed E-state index contributed by atoms with van der Waals surface area (Å²) in [7, 11) is 1.58. The minimum atomic E-state index is -0.235. The van der Waals surface area contributed by atoms with Crippen LogP contribution in [0.15, 0.2) is 17.1 Å². The fraction of sp³-hybridized carbons (Fsp3) is 0.143. The fourth-order valence-corrected chi connectivity index (χ4v) is 0.767. The molecule has 1 aromatic heterocycles. The number of hydrogen-bond acceptors (Lipinski definition) is 3. The van der Waals surface area contributed by atoms with Crippen LogP contribution in [-0.2, 0) is 7.05 Å². The summed E-state index contributed by atoms with van der Waals surface area (Å²) < 4.78 is 1.32. The summed E-state index contributed by atoms with van der Waals surface area (Å²) in [5.41, 5.74) is 5.74. The van der Waals surface area contributed by atoms with E-state index in [0.29, 0.717) is 12.0 Å². The topological polar surface area (TPSA) is 65.1 Å². The molecular weight excluding hydrogens is 144 g/mol. The summed E-state index contributed by atoms with van der Waals surface area (Å²) in [4.78, 5) is 21.2. The van der Waals surface area contributed by atoms with Gasteiger partial charge in [-0.05, 0) is 0 Å². The lowest BCUT2D eigenvalue weighted by molar-refractivity contribution is 0.112. The molecule has 0 radical (unpaired) electrons. The second-order valence-electron chi connectivity index (χ2n) is 2.25. The van der Waals surface area contributed by atoms with Gasteiger partial charge in [-0.1, -0.05) is 0 Å². The molecule has 4 nitrogen and oxygen atoms in total. The molecule has 58 valence electrons. The Bertz CT molecular complexity index is 341. The number of hydrogen-bond donors (Lipinski definition) is 1. The number of nitrogen functional groups attached to an aromatic ring is 1. The molecule has 0 fully saturated rings. The lowest BCUT2D eigenvalue weighted by Crippen LogP contribution is -2.17. The van der Waals surface area contributed by atoms with E-state index in [1.807, 2.05) is 0 Å². The number of aldehydes is 1. The highest BCUT2D eigenvalue weighted by molar-refractivity contribution is 5.82. The van der Waals surface area contributed by atoms with Gasteiger partial charge in [0, 0.05) is 24.9 Å². The zero-order chi connectivity index (χ0) is 8.43. The number of anilines is 1. The molecule has 0 saturated carbocycles. The van der Waals surface area contributed by atoms with E-state index in [4.69, 9.17) is 5.73 Å². The SMILES string of the molecule is Cn1cc(N)c(C=O)cc1=O. The van der Waals surface area contributed by atoms with E-state index in [0.717, 1.165) is 0 Å². The highest BCUT2D eigenvalue weighted by atomic mass is 16.1. The van der Waals surface area contributed by atoms with Gasteiger partial charge in [-0.3, -0.25) is 9.59 Å². The van der Waals surface area contributed by atoms with Crippen LogP contribution in [0.1, 0.15) is 10.4 Å². The maximum atomic E-state index is 10.9. The predicted molar refractivity (Wildman–Crippen MR) is 41.5 cm³/mol. The Morgan fingerprint density at radius 1 is 1.64 bits per heavy atom. The molecule has 1 rings (SSSR count). The van der Waals surface area contributed by atoms with Crippen molar-refractivity contribution in [2.75, 3.05) is 5.73 Å². The van der Waals surface area contributed by atoms with Crippen LogP contribution in [0.2, 0.25) is 0 Å². The summed E-state index contributed by atoms with van der Waals surface area (Å²) in [5, 5.41) is 0. The lowest BCUT2D eigenvalue weighted by atomic mass is 10.2. The molecule has 11 heavy (non-hydrogen) atoms. The molecule has 0 atom stereocenters. The van der Waals surface area contributed by atoms with Crippen molar-refractivity contribution in [2.45, 2.75) is 0 Å². The van der Waals surface area contributed by atoms with Crippen LogP contribution >= 0.6 is 0 Å². The standard InChI is InChI=1S/C7H8N2O2/c1-9-3-6(8)5(4-10)2-7(9)11/h2-4H,8H2,1H3. The van der Waals surface area contributed by atoms with Crippen LogP contribution in [0.3, 0.4) is 0 Å². The summed E-state index contributed by atoms with van der Waals surface area (Å²) >= 11 is 0. The first kappa shape index (κ1) is 7.53. The number of aromatic nitrogens is 1. The number of nitrogens with two attached hydrogens (primary N) is 1. The van der Waals surface area contributed by atoms with Gasteiger partial charge in [0.15, 0.2) is 6.29 Å². The molecule has 0 unspecified atom stereocenters. The van der Waals surface area contributed by atoms with E-state index in [1.165, 1.54) is 16.8 Å². The molecule has 0 bridgehead atoms. The van der Waals surface area contributed by atoms with Gasteiger partial charge in [0.1, 0.15) is 0 Å². The number of carbonyl (C=O) groups excluding carboxylic acids is 1. The monoisotopic (exact) mass is 152 g/mol. The van der Waals surface area contributed by atoms with Gasteiger partial charge in [0.05, 0.1) is 5.69 Å². The molecule has 0 spiro atoms. The maximum Gasteiger partial charge on any atom is 0.251 e. The molecule has 0 amide bonds. The lowest BCUT2D eigenvalue weighted by Gasteiger charge is -1.99. The van der Waals surface area contributed by atoms with Crippen molar-refractivity contribution < 1.29 is 4.79 Å². The van der Waals surface area contributed by atoms with Crippen molar-refractivity contribution in [1.82, 2.24) is 4.57 Å². The Morgan fingerprint density at radius 2 is 2.27 bits per heavy atom. The average molecular weight is 152 g/mol. The van der Waals surface area contributed by atoms with Crippen molar-refractivity contribution in [2.24, 2.45) is 7.05 Å². The van der Waals surface area contributed by atoms with Crippen molar-refractivity contribution >= 4 is 12.0 Å². The van der Waals surface area contributed by atoms with Crippen molar-refractivity contribution in [3.63, 3.8) is 0 Å². The van der Waals surface area contributed by atoms with Gasteiger partial charge >= 0.3 is 0 Å². The predicted octanol–water partition coefficient (Wildman–Crippen LogP) is -0.220. The highest BCUT2D eigenvalue weighted by Crippen LogP contribution is 2.02. The molecule has 0 aliphatic carbocycles. The van der Waals surface area contributed by atoms with E-state index >= 15 is 0 Å². The van der Waals surface area contributed by atoms with Gasteiger partial charge in [-0.2, -0.15) is 0 Å². The van der Waals surface area contributed by atoms with Gasteiger partial charge in [0.25, 0.3) is 5.56 Å². The normalized spacial score (nSPS) is 9.55. The third kappa shape index (κ3) is 1.29. The molecule has 1 heterocycles. The second kappa shape index (κ2) is 2.57. The summed E-state index contributed by atoms with van der Waals surface area (Å²) in [6.07, 6.45) is 1.99. The van der Waals surface area contributed by atoms with Gasteiger partial charge in [0.2, 0.25) is 0 Å². The summed E-state index contributed by atoms with van der Waals surface area (Å²) in [5.74, 6) is 0. The Kier molecular flexibility index (Phi) is 1.76. The zero-order valence-corrected chi connectivity index (χ0v) is 6.07. The van der Waals surface area contributed by atoms with E-state index in [-0.39, 0.29) is 11.1 Å². The molecule has 0 aromatic carbocycles. The maximum absolute atomic E-state index is 10.9. The van der Waals surface area contributed by atoms with Gasteiger partial charge in [-0.15, -0.1) is 0 Å². The Balaban J connectivity index is 3.44. The highest BCUT2D eigenvalue weighted by Gasteiger charge is 1.98. The third-order valence-corrected chi connectivity index (χ3v) is 1.42. The molecule has 4 heteroatoms. The minimum absolute atomic E-state index is 0.235. The van der Waals surface area contributed by atoms with Crippen LogP contribution in [0.25, 0.3) is 0 Å². The summed E-state index contributed by atoms with van der Waals surface area (Å²) in [6, 6.07) is 1.21. The quantitative estimate of drug-likeness (QED) is 0.566. The molecular formula is C7H8N2O2. The van der Waals surface area contributed by atoms with E-state index in [1.54, 1.807) is 7.05 Å². The van der Waals surface area contributed by atoms with Crippen molar-refractivity contribution in [3.05, 3.63) is 28.2 Å². The number of aryl methyl sites for hydroxylation is 1. The first-order valence-electron chi connectivity index (χ1n) is 3.06. The fourth-order valence-electron chi connectivity index (χ4n) is 0.767. The number of carbonyl (C=O) groups is 1. The van der Waals surface area contributed by atoms with Crippen LogP contribution in [0.5, 0.6) is 0 Å². The second-order valence-corrected chi connectivity index (χ2v) is 2.25. The Morgan fingerprint density at radius 3 is 2.82 bits per heavy atom. The molecule has 0 saturated heterocycles. The van der Waals surface area contributed by atoms with E-state index in [9.17, 15) is 9.59 Å². The number of pyridine rings is 1. The smallest absolute Gasteiger partial charge is 0.251 e. The zero-order valence-electron chi connectivity index (χ0n) is 6.07. The van der Waals surface area contributed by atoms with Crippen LogP contribution < -0.4 is 11.3 Å². The van der Waals surface area contributed by atoms with Crippen LogP contribution in [0.4, 0.5) is 5.69 Å². The molecule has 0 aliphatic heterocycles. The largest absolute Gasteiger partial charge is 0.397 e. The molecule has 2 N–H and O–H groups in total.